The topological polar surface area (TPSA) is 122 Å². The molecular weight excluding hydrogens is 472 g/mol. The lowest BCUT2D eigenvalue weighted by Crippen LogP contribution is -2.45. The molecule has 2 aromatic rings. The second-order valence-electron chi connectivity index (χ2n) is 6.49. The first-order chi connectivity index (χ1) is 15.2. The minimum atomic E-state index is -1.11. The molecule has 0 radical (unpaired) electrons. The highest BCUT2D eigenvalue weighted by Crippen LogP contribution is 2.33. The van der Waals surface area contributed by atoms with Gasteiger partial charge in [0, 0.05) is 17.0 Å². The van der Waals surface area contributed by atoms with Crippen molar-refractivity contribution in [3.63, 3.8) is 0 Å². The summed E-state index contributed by atoms with van der Waals surface area (Å²) in [5.74, 6) is -1.72. The molecule has 0 atom stereocenters. The maximum atomic E-state index is 12.8. The first-order valence-electron chi connectivity index (χ1n) is 9.19. The quantitative estimate of drug-likeness (QED) is 0.247. The van der Waals surface area contributed by atoms with Gasteiger partial charge in [-0.3, -0.25) is 15.0 Å². The fraction of sp³-hybridized carbons (Fsp3) is 0.200. The smallest absolute Gasteiger partial charge is 0.341 e. The van der Waals surface area contributed by atoms with Crippen molar-refractivity contribution in [2.24, 2.45) is 0 Å². The maximum Gasteiger partial charge on any atom is 0.341 e. The number of carbonyl (C=O) groups is 3. The van der Waals surface area contributed by atoms with Gasteiger partial charge >= 0.3 is 5.97 Å². The molecule has 0 aliphatic carbocycles. The van der Waals surface area contributed by atoms with Gasteiger partial charge in [0.25, 0.3) is 5.91 Å². The van der Waals surface area contributed by atoms with Crippen LogP contribution in [0.25, 0.3) is 6.08 Å². The molecule has 1 aliphatic heterocycles. The molecule has 3 rings (SSSR count). The number of nitrogens with zero attached hydrogens (tertiary/aromatic N) is 3. The number of ether oxygens (including phenoxy) is 1. The summed E-state index contributed by atoms with van der Waals surface area (Å²) < 4.78 is 5.43. The summed E-state index contributed by atoms with van der Waals surface area (Å²) in [5.41, 5.74) is 4.62. The van der Waals surface area contributed by atoms with Crippen LogP contribution in [-0.4, -0.2) is 54.5 Å². The monoisotopic (exact) mass is 490 g/mol. The first kappa shape index (κ1) is 23.7. The lowest BCUT2D eigenvalue weighted by atomic mass is 10.2. The van der Waals surface area contributed by atoms with Gasteiger partial charge in [-0.05, 0) is 44.3 Å². The number of carboxylic acid groups (broad SMARTS) is 1. The standard InChI is InChI=1S/C20H18N4O5S3/c1-11-7-12(2)22-19(21-11)31-10-16(25)23-24-18(28)15(32-20(24)30)8-13-5-3-4-6-14(13)29-9-17(26)27/h3-8H,9-10H2,1-2H3,(H,23,25)(H,26,27)/b15-8-. The molecule has 12 heteroatoms. The fourth-order valence-corrected chi connectivity index (χ4v) is 4.53. The van der Waals surface area contributed by atoms with Crippen LogP contribution in [0.1, 0.15) is 17.0 Å². The zero-order chi connectivity index (χ0) is 23.3. The molecule has 2 heterocycles. The minimum Gasteiger partial charge on any atom is -0.481 e. The van der Waals surface area contributed by atoms with Crippen molar-refractivity contribution in [3.8, 4) is 5.75 Å². The largest absolute Gasteiger partial charge is 0.481 e. The molecule has 1 fully saturated rings. The molecule has 2 amide bonds. The molecule has 0 spiro atoms. The Morgan fingerprint density at radius 3 is 2.66 bits per heavy atom. The number of thiocarbonyl (C=S) groups is 1. The highest BCUT2D eigenvalue weighted by molar-refractivity contribution is 8.26. The summed E-state index contributed by atoms with van der Waals surface area (Å²) in [7, 11) is 0. The van der Waals surface area contributed by atoms with Crippen LogP contribution in [0.5, 0.6) is 5.75 Å². The normalized spacial score (nSPS) is 14.7. The predicted octanol–water partition coefficient (Wildman–Crippen LogP) is 2.58. The summed E-state index contributed by atoms with van der Waals surface area (Å²) in [6, 6.07) is 8.54. The maximum absolute atomic E-state index is 12.8. The number of carbonyl (C=O) groups excluding carboxylic acids is 2. The molecule has 1 aromatic carbocycles. The van der Waals surface area contributed by atoms with E-state index in [-0.39, 0.29) is 15.0 Å². The number of thioether (sulfide) groups is 2. The predicted molar refractivity (Wildman–Crippen MR) is 125 cm³/mol. The van der Waals surface area contributed by atoms with Gasteiger partial charge in [-0.25, -0.2) is 14.8 Å². The van der Waals surface area contributed by atoms with E-state index in [2.05, 4.69) is 15.4 Å². The molecule has 1 aromatic heterocycles. The van der Waals surface area contributed by atoms with Gasteiger partial charge in [-0.1, -0.05) is 41.7 Å². The average Bonchev–Trinajstić information content (AvgIpc) is 2.98. The highest BCUT2D eigenvalue weighted by Gasteiger charge is 2.33. The molecule has 1 aliphatic rings. The number of hydrazine groups is 1. The zero-order valence-corrected chi connectivity index (χ0v) is 19.5. The minimum absolute atomic E-state index is 0.00482. The van der Waals surface area contributed by atoms with Crippen LogP contribution in [-0.2, 0) is 14.4 Å². The van der Waals surface area contributed by atoms with Crippen molar-refractivity contribution in [1.82, 2.24) is 20.4 Å². The van der Waals surface area contributed by atoms with Gasteiger partial charge in [0.1, 0.15) is 5.75 Å². The van der Waals surface area contributed by atoms with Crippen molar-refractivity contribution in [2.45, 2.75) is 19.0 Å². The number of benzene rings is 1. The number of aliphatic carboxylic acids is 1. The number of amides is 2. The van der Waals surface area contributed by atoms with E-state index >= 15 is 0 Å². The third-order valence-corrected chi connectivity index (χ3v) is 6.03. The van der Waals surface area contributed by atoms with E-state index < -0.39 is 24.4 Å². The Morgan fingerprint density at radius 2 is 1.97 bits per heavy atom. The van der Waals surface area contributed by atoms with E-state index in [9.17, 15) is 14.4 Å². The van der Waals surface area contributed by atoms with Crippen molar-refractivity contribution >= 4 is 63.9 Å². The van der Waals surface area contributed by atoms with Crippen molar-refractivity contribution in [1.29, 1.82) is 0 Å². The van der Waals surface area contributed by atoms with E-state index in [1.807, 2.05) is 19.9 Å². The second kappa shape index (κ2) is 10.6. The van der Waals surface area contributed by atoms with Gasteiger partial charge in [-0.15, -0.1) is 0 Å². The van der Waals surface area contributed by atoms with Crippen LogP contribution < -0.4 is 10.2 Å². The summed E-state index contributed by atoms with van der Waals surface area (Å²) in [6.07, 6.45) is 1.54. The third kappa shape index (κ3) is 6.28. The Kier molecular flexibility index (Phi) is 7.83. The van der Waals surface area contributed by atoms with E-state index in [4.69, 9.17) is 22.1 Å². The van der Waals surface area contributed by atoms with Gasteiger partial charge in [0.15, 0.2) is 16.1 Å². The second-order valence-corrected chi connectivity index (χ2v) is 9.11. The number of rotatable bonds is 8. The highest BCUT2D eigenvalue weighted by atomic mass is 32.2. The number of hydrogen-bond donors (Lipinski definition) is 2. The summed E-state index contributed by atoms with van der Waals surface area (Å²) in [6.45, 7) is 3.18. The molecule has 166 valence electrons. The number of nitrogens with one attached hydrogen (secondary N) is 1. The van der Waals surface area contributed by atoms with Crippen LogP contribution in [0, 0.1) is 13.8 Å². The Bertz CT molecular complexity index is 1100. The van der Waals surface area contributed by atoms with Crippen molar-refractivity contribution in [3.05, 3.63) is 52.2 Å². The van der Waals surface area contributed by atoms with Crippen LogP contribution in [0.2, 0.25) is 0 Å². The Hall–Kier alpha value is -2.96. The van der Waals surface area contributed by atoms with Crippen LogP contribution in [0.15, 0.2) is 40.4 Å². The molecule has 32 heavy (non-hydrogen) atoms. The number of aromatic nitrogens is 2. The SMILES string of the molecule is Cc1cc(C)nc(SCC(=O)NN2C(=O)/C(=C/c3ccccc3OCC(=O)O)SC2=S)n1. The van der Waals surface area contributed by atoms with Gasteiger partial charge in [0.05, 0.1) is 10.7 Å². The number of para-hydroxylation sites is 1. The van der Waals surface area contributed by atoms with E-state index in [0.717, 1.165) is 39.9 Å². The zero-order valence-electron chi connectivity index (χ0n) is 17.0. The lowest BCUT2D eigenvalue weighted by Gasteiger charge is -2.15. The summed E-state index contributed by atoms with van der Waals surface area (Å²) in [4.78, 5) is 44.7. The molecule has 1 saturated heterocycles. The van der Waals surface area contributed by atoms with Crippen LogP contribution in [0.4, 0.5) is 0 Å². The molecule has 2 N–H and O–H groups in total. The van der Waals surface area contributed by atoms with Crippen LogP contribution >= 0.6 is 35.7 Å². The molecular formula is C20H18N4O5S3. The van der Waals surface area contributed by atoms with Gasteiger partial charge in [-0.2, -0.15) is 5.01 Å². The van der Waals surface area contributed by atoms with Crippen molar-refractivity contribution < 1.29 is 24.2 Å². The lowest BCUT2D eigenvalue weighted by molar-refractivity contribution is -0.139. The Labute approximate surface area is 197 Å². The molecule has 9 nitrogen and oxygen atoms in total. The third-order valence-electron chi connectivity index (χ3n) is 3.88. The molecule has 0 unspecified atom stereocenters. The van der Waals surface area contributed by atoms with E-state index in [1.54, 1.807) is 30.3 Å². The molecule has 0 saturated carbocycles. The van der Waals surface area contributed by atoms with Gasteiger partial charge < -0.3 is 9.84 Å². The number of hydrogen-bond acceptors (Lipinski definition) is 9. The Morgan fingerprint density at radius 1 is 1.28 bits per heavy atom. The van der Waals surface area contributed by atoms with E-state index in [1.165, 1.54) is 0 Å². The van der Waals surface area contributed by atoms with Gasteiger partial charge in [0.2, 0.25) is 5.91 Å². The average molecular weight is 491 g/mol. The van der Waals surface area contributed by atoms with E-state index in [0.29, 0.717) is 16.5 Å². The molecule has 0 bridgehead atoms. The number of carboxylic acids is 1. The Balaban J connectivity index is 1.66. The summed E-state index contributed by atoms with van der Waals surface area (Å²) >= 11 is 7.41. The summed E-state index contributed by atoms with van der Waals surface area (Å²) in [5, 5.41) is 10.3. The first-order valence-corrected chi connectivity index (χ1v) is 11.4. The number of aryl methyl sites for hydroxylation is 2. The fourth-order valence-electron chi connectivity index (χ4n) is 2.62. The van der Waals surface area contributed by atoms with Crippen LogP contribution in [0.3, 0.4) is 0 Å². The van der Waals surface area contributed by atoms with Crippen molar-refractivity contribution in [2.75, 3.05) is 12.4 Å².